The molecule has 0 atom stereocenters. The second-order valence-electron chi connectivity index (χ2n) is 6.77. The summed E-state index contributed by atoms with van der Waals surface area (Å²) in [7, 11) is 0. The van der Waals surface area contributed by atoms with Crippen molar-refractivity contribution in [3.05, 3.63) is 10.8 Å². The molecule has 1 aromatic heterocycles. The van der Waals surface area contributed by atoms with Gasteiger partial charge >= 0.3 is 0 Å². The number of carbonyl (C=O) groups is 1. The van der Waals surface area contributed by atoms with Crippen molar-refractivity contribution in [2.24, 2.45) is 0 Å². The molecule has 0 aliphatic rings. The number of unbranched alkanes of at least 4 members (excludes halogenated alkanes) is 7. The smallest absolute Gasteiger partial charge is 0.280 e. The lowest BCUT2D eigenvalue weighted by molar-refractivity contribution is 0.0971. The first-order chi connectivity index (χ1) is 13.8. The largest absolute Gasteiger partial charge is 0.382 e. The summed E-state index contributed by atoms with van der Waals surface area (Å²) < 4.78 is 0. The van der Waals surface area contributed by atoms with Crippen LogP contribution in [0.15, 0.2) is 0 Å². The zero-order chi connectivity index (χ0) is 21.6. The zero-order valence-electron chi connectivity index (χ0n) is 16.9. The van der Waals surface area contributed by atoms with E-state index >= 15 is 0 Å². The average Bonchev–Trinajstić information content (AvgIpc) is 2.65. The van der Waals surface area contributed by atoms with Crippen molar-refractivity contribution in [2.45, 2.75) is 58.3 Å². The van der Waals surface area contributed by atoms with Crippen molar-refractivity contribution in [1.82, 2.24) is 25.9 Å². The van der Waals surface area contributed by atoms with Crippen molar-refractivity contribution in [1.29, 1.82) is 10.8 Å². The Bertz CT molecular complexity index is 696. The Balaban J connectivity index is 2.06. The maximum Gasteiger partial charge on any atom is 0.280 e. The highest BCUT2D eigenvalue weighted by molar-refractivity contribution is 6.31. The molecular weight excluding hydrogens is 394 g/mol. The molecule has 0 aromatic carbocycles. The van der Waals surface area contributed by atoms with Gasteiger partial charge in [0.1, 0.15) is 0 Å². The number of nitrogen functional groups attached to an aromatic ring is 2. The van der Waals surface area contributed by atoms with Crippen LogP contribution in [0.1, 0.15) is 68.8 Å². The average molecular weight is 426 g/mol. The van der Waals surface area contributed by atoms with E-state index in [1.807, 2.05) is 0 Å². The fraction of sp³-hybridized carbons (Fsp3) is 0.611. The maximum absolute atomic E-state index is 12.1. The van der Waals surface area contributed by atoms with Gasteiger partial charge in [0.25, 0.3) is 5.91 Å². The van der Waals surface area contributed by atoms with Gasteiger partial charge < -0.3 is 22.1 Å². The summed E-state index contributed by atoms with van der Waals surface area (Å²) >= 11 is 5.75. The molecule has 0 spiro atoms. The quantitative estimate of drug-likeness (QED) is 0.152. The van der Waals surface area contributed by atoms with Crippen LogP contribution in [-0.2, 0) is 0 Å². The number of hydrogen-bond donors (Lipinski definition) is 7. The number of rotatable bonds is 12. The van der Waals surface area contributed by atoms with Crippen LogP contribution >= 0.6 is 11.6 Å². The Morgan fingerprint density at radius 3 is 1.97 bits per heavy atom. The predicted molar refractivity (Wildman–Crippen MR) is 117 cm³/mol. The van der Waals surface area contributed by atoms with Gasteiger partial charge in [-0.2, -0.15) is 0 Å². The van der Waals surface area contributed by atoms with Gasteiger partial charge in [0.05, 0.1) is 5.84 Å². The van der Waals surface area contributed by atoms with E-state index in [0.29, 0.717) is 12.4 Å². The number of amides is 1. The molecule has 29 heavy (non-hydrogen) atoms. The molecule has 162 valence electrons. The molecule has 0 aliphatic heterocycles. The summed E-state index contributed by atoms with van der Waals surface area (Å²) in [5, 5.41) is 23.2. The number of aromatic nitrogens is 2. The molecule has 11 heteroatoms. The molecular formula is C18H32ClN9O. The first kappa shape index (κ1) is 24.4. The number of anilines is 2. The minimum Gasteiger partial charge on any atom is -0.382 e. The van der Waals surface area contributed by atoms with E-state index in [1.165, 1.54) is 25.7 Å². The van der Waals surface area contributed by atoms with Crippen LogP contribution in [0.4, 0.5) is 11.6 Å². The van der Waals surface area contributed by atoms with E-state index in [1.54, 1.807) is 6.92 Å². The Hall–Kier alpha value is -2.62. The van der Waals surface area contributed by atoms with Gasteiger partial charge in [0.15, 0.2) is 28.4 Å². The Morgan fingerprint density at radius 1 is 0.897 bits per heavy atom. The summed E-state index contributed by atoms with van der Waals surface area (Å²) in [6, 6.07) is 0. The van der Waals surface area contributed by atoms with E-state index < -0.39 is 5.91 Å². The number of halogens is 1. The molecule has 1 amide bonds. The molecule has 0 aliphatic carbocycles. The normalized spacial score (nSPS) is 10.4. The zero-order valence-corrected chi connectivity index (χ0v) is 17.7. The second-order valence-corrected chi connectivity index (χ2v) is 7.13. The molecule has 9 N–H and O–H groups in total. The van der Waals surface area contributed by atoms with Crippen LogP contribution in [0, 0.1) is 10.8 Å². The van der Waals surface area contributed by atoms with Crippen LogP contribution in [0.25, 0.3) is 0 Å². The summed E-state index contributed by atoms with van der Waals surface area (Å²) in [6.07, 6.45) is 9.05. The van der Waals surface area contributed by atoms with Crippen molar-refractivity contribution >= 4 is 40.9 Å². The molecule has 0 saturated heterocycles. The van der Waals surface area contributed by atoms with Crippen LogP contribution < -0.4 is 27.4 Å². The van der Waals surface area contributed by atoms with Gasteiger partial charge in [0.2, 0.25) is 0 Å². The third kappa shape index (κ3) is 10.5. The van der Waals surface area contributed by atoms with Gasteiger partial charge in [-0.3, -0.25) is 20.9 Å². The van der Waals surface area contributed by atoms with Gasteiger partial charge in [-0.05, 0) is 19.8 Å². The van der Waals surface area contributed by atoms with Crippen molar-refractivity contribution in [3.63, 3.8) is 0 Å². The SMILES string of the molecule is CC(=N)NCCCCCCCCCCNC(=N)NC(=O)c1nc(Cl)c(N)nc1N. The number of hydrogen-bond acceptors (Lipinski definition) is 7. The minimum absolute atomic E-state index is 0.0520. The number of carbonyl (C=O) groups excluding carboxylic acids is 1. The first-order valence-electron chi connectivity index (χ1n) is 9.82. The summed E-state index contributed by atoms with van der Waals surface area (Å²) in [5.74, 6) is -0.459. The lowest BCUT2D eigenvalue weighted by Crippen LogP contribution is -2.41. The molecule has 1 heterocycles. The number of amidine groups is 1. The topological polar surface area (TPSA) is 179 Å². The molecule has 0 saturated carbocycles. The number of nitrogens with one attached hydrogen (secondary N) is 5. The molecule has 0 fully saturated rings. The van der Waals surface area contributed by atoms with E-state index in [9.17, 15) is 4.79 Å². The lowest BCUT2D eigenvalue weighted by atomic mass is 10.1. The molecule has 0 bridgehead atoms. The van der Waals surface area contributed by atoms with Gasteiger partial charge in [-0.15, -0.1) is 0 Å². The van der Waals surface area contributed by atoms with E-state index in [2.05, 4.69) is 25.9 Å². The third-order valence-corrected chi connectivity index (χ3v) is 4.43. The monoisotopic (exact) mass is 425 g/mol. The Kier molecular flexibility index (Phi) is 11.4. The minimum atomic E-state index is -0.666. The van der Waals surface area contributed by atoms with Crippen LogP contribution in [0.3, 0.4) is 0 Å². The van der Waals surface area contributed by atoms with E-state index in [-0.39, 0.29) is 28.4 Å². The highest BCUT2D eigenvalue weighted by Crippen LogP contribution is 2.17. The molecule has 0 radical (unpaired) electrons. The fourth-order valence-corrected chi connectivity index (χ4v) is 2.75. The maximum atomic E-state index is 12.1. The van der Waals surface area contributed by atoms with Crippen molar-refractivity contribution < 1.29 is 4.79 Å². The van der Waals surface area contributed by atoms with Crippen molar-refractivity contribution in [3.8, 4) is 0 Å². The van der Waals surface area contributed by atoms with Crippen LogP contribution in [-0.4, -0.2) is 40.8 Å². The molecule has 1 aromatic rings. The first-order valence-corrected chi connectivity index (χ1v) is 10.2. The standard InChI is InChI=1S/C18H32ClN9O/c1-12(20)24-10-8-6-4-2-3-5-7-9-11-25-18(23)28-17(29)13-15(21)27-16(22)14(19)26-13/h2-11H2,1H3,(H2,20,24)(H4,21,22,27)(H3,23,25,28,29). The van der Waals surface area contributed by atoms with Gasteiger partial charge in [-0.25, -0.2) is 9.97 Å². The third-order valence-electron chi connectivity index (χ3n) is 4.15. The van der Waals surface area contributed by atoms with Gasteiger partial charge in [-0.1, -0.05) is 50.1 Å². The van der Waals surface area contributed by atoms with E-state index in [4.69, 9.17) is 33.9 Å². The lowest BCUT2D eigenvalue weighted by Gasteiger charge is -2.10. The second kappa shape index (κ2) is 13.5. The fourth-order valence-electron chi connectivity index (χ4n) is 2.63. The van der Waals surface area contributed by atoms with Crippen LogP contribution in [0.5, 0.6) is 0 Å². The Morgan fingerprint density at radius 2 is 1.41 bits per heavy atom. The van der Waals surface area contributed by atoms with E-state index in [0.717, 1.165) is 32.2 Å². The summed E-state index contributed by atoms with van der Waals surface area (Å²) in [6.45, 7) is 3.23. The predicted octanol–water partition coefficient (Wildman–Crippen LogP) is 2.26. The number of guanidine groups is 1. The highest BCUT2D eigenvalue weighted by Gasteiger charge is 2.16. The molecule has 10 nitrogen and oxygen atoms in total. The highest BCUT2D eigenvalue weighted by atomic mass is 35.5. The van der Waals surface area contributed by atoms with Crippen molar-refractivity contribution in [2.75, 3.05) is 24.6 Å². The number of nitrogens with zero attached hydrogens (tertiary/aromatic N) is 2. The molecule has 0 unspecified atom stereocenters. The van der Waals surface area contributed by atoms with Crippen LogP contribution in [0.2, 0.25) is 5.15 Å². The van der Waals surface area contributed by atoms with Gasteiger partial charge in [0, 0.05) is 13.1 Å². The number of nitrogens with two attached hydrogens (primary N) is 2. The Labute approximate surface area is 176 Å². The summed E-state index contributed by atoms with van der Waals surface area (Å²) in [5.41, 5.74) is 10.9. The molecule has 1 rings (SSSR count). The summed E-state index contributed by atoms with van der Waals surface area (Å²) in [4.78, 5) is 19.6.